The number of nitrogens with one attached hydrogen (secondary N) is 2. The molecule has 2 N–H and O–H groups in total. The second kappa shape index (κ2) is 8.74. The summed E-state index contributed by atoms with van der Waals surface area (Å²) in [5.74, 6) is 1.61. The van der Waals surface area contributed by atoms with Gasteiger partial charge in [-0.25, -0.2) is 0 Å². The lowest BCUT2D eigenvalue weighted by Gasteiger charge is -2.36. The van der Waals surface area contributed by atoms with E-state index in [0.717, 1.165) is 43.3 Å². The minimum Gasteiger partial charge on any atom is -0.497 e. The lowest BCUT2D eigenvalue weighted by Crippen LogP contribution is -2.50. The second-order valence-electron chi connectivity index (χ2n) is 5.63. The molecule has 0 radical (unpaired) electrons. The van der Waals surface area contributed by atoms with Crippen molar-refractivity contribution in [2.24, 2.45) is 4.99 Å². The van der Waals surface area contributed by atoms with Crippen LogP contribution < -0.4 is 15.4 Å². The molecule has 128 valence electrons. The normalized spacial score (nSPS) is 17.6. The molecule has 6 nitrogen and oxygen atoms in total. The molecule has 1 fully saturated rings. The monoisotopic (exact) mass is 321 g/mol. The van der Waals surface area contributed by atoms with Crippen LogP contribution in [-0.4, -0.2) is 52.6 Å². The number of nitrogens with zero attached hydrogens (tertiary/aromatic N) is 1. The zero-order valence-corrected chi connectivity index (χ0v) is 14.2. The lowest BCUT2D eigenvalue weighted by molar-refractivity contribution is -0.0855. The van der Waals surface area contributed by atoms with Crippen LogP contribution in [0.3, 0.4) is 0 Å². The van der Waals surface area contributed by atoms with Gasteiger partial charge in [-0.3, -0.25) is 4.99 Å². The van der Waals surface area contributed by atoms with E-state index in [-0.39, 0.29) is 5.60 Å². The number of guanidine groups is 1. The van der Waals surface area contributed by atoms with Gasteiger partial charge in [0, 0.05) is 53.3 Å². The van der Waals surface area contributed by atoms with Crippen molar-refractivity contribution in [1.82, 2.24) is 10.6 Å². The molecule has 0 saturated carbocycles. The second-order valence-corrected chi connectivity index (χ2v) is 5.63. The summed E-state index contributed by atoms with van der Waals surface area (Å²) in [7, 11) is 5.20. The minimum atomic E-state index is -0.175. The summed E-state index contributed by atoms with van der Waals surface area (Å²) in [6.45, 7) is 2.88. The summed E-state index contributed by atoms with van der Waals surface area (Å²) in [4.78, 5) is 4.27. The van der Waals surface area contributed by atoms with Crippen LogP contribution in [0.15, 0.2) is 29.3 Å². The van der Waals surface area contributed by atoms with Gasteiger partial charge in [0.1, 0.15) is 5.75 Å². The highest BCUT2D eigenvalue weighted by atomic mass is 16.5. The molecule has 1 saturated heterocycles. The summed E-state index contributed by atoms with van der Waals surface area (Å²) in [6.07, 6.45) is 1.78. The standard InChI is InChI=1S/C17H27N3O3/c1-18-16(19-12-14-5-4-6-15(11-14)21-2)20-13-17(22-3)7-9-23-10-8-17/h4-6,11H,7-10,12-13H2,1-3H3,(H2,18,19,20). The van der Waals surface area contributed by atoms with Gasteiger partial charge in [-0.05, 0) is 17.7 Å². The Hall–Kier alpha value is -1.79. The number of hydrogen-bond donors (Lipinski definition) is 2. The maximum Gasteiger partial charge on any atom is 0.191 e. The van der Waals surface area contributed by atoms with Crippen LogP contribution in [0.4, 0.5) is 0 Å². The van der Waals surface area contributed by atoms with E-state index >= 15 is 0 Å². The Balaban J connectivity index is 1.85. The number of rotatable bonds is 6. The van der Waals surface area contributed by atoms with E-state index in [1.807, 2.05) is 18.2 Å². The summed E-state index contributed by atoms with van der Waals surface area (Å²) in [6, 6.07) is 7.98. The van der Waals surface area contributed by atoms with Gasteiger partial charge in [-0.1, -0.05) is 12.1 Å². The van der Waals surface area contributed by atoms with E-state index in [9.17, 15) is 0 Å². The number of ether oxygens (including phenoxy) is 3. The molecule has 23 heavy (non-hydrogen) atoms. The Morgan fingerprint density at radius 1 is 1.26 bits per heavy atom. The first-order valence-electron chi connectivity index (χ1n) is 7.92. The van der Waals surface area contributed by atoms with Crippen molar-refractivity contribution in [2.75, 3.05) is 41.0 Å². The van der Waals surface area contributed by atoms with Crippen molar-refractivity contribution in [1.29, 1.82) is 0 Å². The lowest BCUT2D eigenvalue weighted by atomic mass is 9.94. The zero-order valence-electron chi connectivity index (χ0n) is 14.2. The SMILES string of the molecule is CN=C(NCc1cccc(OC)c1)NCC1(OC)CCOCC1. The summed E-state index contributed by atoms with van der Waals surface area (Å²) in [5.41, 5.74) is 0.964. The smallest absolute Gasteiger partial charge is 0.191 e. The fourth-order valence-electron chi connectivity index (χ4n) is 2.63. The first-order valence-corrected chi connectivity index (χ1v) is 7.92. The van der Waals surface area contributed by atoms with Crippen LogP contribution in [0.5, 0.6) is 5.75 Å². The van der Waals surface area contributed by atoms with Crippen molar-refractivity contribution >= 4 is 5.96 Å². The van der Waals surface area contributed by atoms with E-state index in [1.165, 1.54) is 0 Å². The third-order valence-electron chi connectivity index (χ3n) is 4.23. The van der Waals surface area contributed by atoms with Gasteiger partial charge in [0.15, 0.2) is 5.96 Å². The predicted octanol–water partition coefficient (Wildman–Crippen LogP) is 1.56. The van der Waals surface area contributed by atoms with Crippen LogP contribution in [0.1, 0.15) is 18.4 Å². The molecule has 6 heteroatoms. The number of methoxy groups -OCH3 is 2. The molecular weight excluding hydrogens is 294 g/mol. The molecule has 0 unspecified atom stereocenters. The van der Waals surface area contributed by atoms with E-state index in [1.54, 1.807) is 21.3 Å². The van der Waals surface area contributed by atoms with Gasteiger partial charge in [-0.2, -0.15) is 0 Å². The molecule has 0 aliphatic carbocycles. The van der Waals surface area contributed by atoms with Crippen LogP contribution in [-0.2, 0) is 16.0 Å². The molecule has 1 aromatic carbocycles. The zero-order chi connectivity index (χ0) is 16.5. The van der Waals surface area contributed by atoms with Crippen molar-refractivity contribution in [2.45, 2.75) is 25.0 Å². The van der Waals surface area contributed by atoms with Crippen LogP contribution in [0, 0.1) is 0 Å². The average molecular weight is 321 g/mol. The number of hydrogen-bond acceptors (Lipinski definition) is 4. The highest BCUT2D eigenvalue weighted by molar-refractivity contribution is 5.79. The molecule has 1 heterocycles. The first-order chi connectivity index (χ1) is 11.2. The largest absolute Gasteiger partial charge is 0.497 e. The Morgan fingerprint density at radius 2 is 2.04 bits per heavy atom. The third-order valence-corrected chi connectivity index (χ3v) is 4.23. The van der Waals surface area contributed by atoms with Crippen molar-refractivity contribution in [3.05, 3.63) is 29.8 Å². The van der Waals surface area contributed by atoms with Crippen molar-refractivity contribution in [3.63, 3.8) is 0 Å². The van der Waals surface area contributed by atoms with Gasteiger partial charge in [0.25, 0.3) is 0 Å². The topological polar surface area (TPSA) is 64.1 Å². The van der Waals surface area contributed by atoms with Gasteiger partial charge >= 0.3 is 0 Å². The summed E-state index contributed by atoms with van der Waals surface area (Å²) in [5, 5.41) is 6.67. The molecule has 0 spiro atoms. The Bertz CT molecular complexity index is 514. The van der Waals surface area contributed by atoms with E-state index in [4.69, 9.17) is 14.2 Å². The molecule has 0 atom stereocenters. The molecule has 0 aromatic heterocycles. The average Bonchev–Trinajstić information content (AvgIpc) is 2.63. The van der Waals surface area contributed by atoms with Crippen molar-refractivity contribution in [3.8, 4) is 5.75 Å². The molecule has 1 aromatic rings. The minimum absolute atomic E-state index is 0.175. The van der Waals surface area contributed by atoms with E-state index in [2.05, 4.69) is 21.7 Å². The highest BCUT2D eigenvalue weighted by Gasteiger charge is 2.32. The quantitative estimate of drug-likeness (QED) is 0.615. The molecular formula is C17H27N3O3. The van der Waals surface area contributed by atoms with Crippen LogP contribution >= 0.6 is 0 Å². The Kier molecular flexibility index (Phi) is 6.67. The fourth-order valence-corrected chi connectivity index (χ4v) is 2.63. The molecule has 1 aliphatic heterocycles. The van der Waals surface area contributed by atoms with Gasteiger partial charge in [0.2, 0.25) is 0 Å². The molecule has 1 aliphatic rings. The van der Waals surface area contributed by atoms with Crippen LogP contribution in [0.25, 0.3) is 0 Å². The number of aliphatic imine (C=N–C) groups is 1. The van der Waals surface area contributed by atoms with Gasteiger partial charge < -0.3 is 24.8 Å². The van der Waals surface area contributed by atoms with E-state index in [0.29, 0.717) is 13.1 Å². The van der Waals surface area contributed by atoms with Gasteiger partial charge in [-0.15, -0.1) is 0 Å². The summed E-state index contributed by atoms with van der Waals surface area (Å²) >= 11 is 0. The van der Waals surface area contributed by atoms with Crippen molar-refractivity contribution < 1.29 is 14.2 Å². The number of benzene rings is 1. The Morgan fingerprint density at radius 3 is 2.70 bits per heavy atom. The molecule has 2 rings (SSSR count). The predicted molar refractivity (Wildman–Crippen MR) is 91.0 cm³/mol. The fraction of sp³-hybridized carbons (Fsp3) is 0.588. The summed E-state index contributed by atoms with van der Waals surface area (Å²) < 4.78 is 16.4. The molecule has 0 amide bonds. The maximum atomic E-state index is 5.72. The molecule has 0 bridgehead atoms. The van der Waals surface area contributed by atoms with Crippen LogP contribution in [0.2, 0.25) is 0 Å². The van der Waals surface area contributed by atoms with E-state index < -0.39 is 0 Å². The van der Waals surface area contributed by atoms with Gasteiger partial charge in [0.05, 0.1) is 12.7 Å². The third kappa shape index (κ3) is 5.11. The highest BCUT2D eigenvalue weighted by Crippen LogP contribution is 2.23. The first kappa shape index (κ1) is 17.6. The maximum absolute atomic E-state index is 5.72. The Labute approximate surface area is 138 Å².